The van der Waals surface area contributed by atoms with E-state index in [2.05, 4.69) is 34.7 Å². The van der Waals surface area contributed by atoms with Crippen molar-refractivity contribution >= 4 is 38.8 Å². The van der Waals surface area contributed by atoms with Gasteiger partial charge in [-0.15, -0.1) is 11.3 Å². The van der Waals surface area contributed by atoms with Crippen LogP contribution in [0, 0.1) is 0 Å². The highest BCUT2D eigenvalue weighted by atomic mass is 32.1. The Morgan fingerprint density at radius 3 is 2.41 bits per heavy atom. The maximum absolute atomic E-state index is 13.3. The van der Waals surface area contributed by atoms with E-state index in [-0.39, 0.29) is 11.7 Å². The molecule has 1 aliphatic heterocycles. The first-order valence-electron chi connectivity index (χ1n) is 13.4. The van der Waals surface area contributed by atoms with Crippen LogP contribution in [0.3, 0.4) is 0 Å². The van der Waals surface area contributed by atoms with Crippen molar-refractivity contribution in [1.82, 2.24) is 4.90 Å². The quantitative estimate of drug-likeness (QED) is 0.185. The van der Waals surface area contributed by atoms with Crippen LogP contribution in [0.1, 0.15) is 76.8 Å². The van der Waals surface area contributed by atoms with Gasteiger partial charge < -0.3 is 10.2 Å². The van der Waals surface area contributed by atoms with E-state index in [1.54, 1.807) is 47.7 Å². The molecule has 5 heteroatoms. The highest BCUT2D eigenvalue weighted by molar-refractivity contribution is 7.17. The molecule has 0 bridgehead atoms. The van der Waals surface area contributed by atoms with Crippen LogP contribution in [0.25, 0.3) is 10.1 Å². The van der Waals surface area contributed by atoms with Crippen molar-refractivity contribution in [3.8, 4) is 0 Å². The number of piperidine rings is 1. The summed E-state index contributed by atoms with van der Waals surface area (Å²) >= 11 is 1.78. The largest absolute Gasteiger partial charge is 0.322 e. The number of nitrogens with zero attached hydrogens (tertiary/aromatic N) is 1. The summed E-state index contributed by atoms with van der Waals surface area (Å²) in [6, 6.07) is 22.3. The molecule has 1 aliphatic rings. The first-order valence-corrected chi connectivity index (χ1v) is 14.3. The Balaban J connectivity index is 1.31. The van der Waals surface area contributed by atoms with Crippen molar-refractivity contribution in [2.45, 2.75) is 44.9 Å². The molecule has 1 saturated heterocycles. The second-order valence-electron chi connectivity index (χ2n) is 9.92. The number of fused-ring (bicyclic) bond motifs is 1. The van der Waals surface area contributed by atoms with Gasteiger partial charge in [-0.05, 0) is 85.4 Å². The van der Waals surface area contributed by atoms with Crippen LogP contribution in [-0.2, 0) is 0 Å². The van der Waals surface area contributed by atoms with Crippen molar-refractivity contribution in [3.63, 3.8) is 0 Å². The molecule has 0 spiro atoms. The number of ketones is 1. The fourth-order valence-corrected chi connectivity index (χ4v) is 6.34. The molecule has 190 valence electrons. The molecule has 1 N–H and O–H groups in total. The Morgan fingerprint density at radius 1 is 0.919 bits per heavy atom. The smallest absolute Gasteiger partial charge is 0.256 e. The molecule has 0 radical (unpaired) electrons. The van der Waals surface area contributed by atoms with E-state index in [0.29, 0.717) is 22.6 Å². The molecule has 2 heterocycles. The van der Waals surface area contributed by atoms with Crippen LogP contribution in [-0.4, -0.2) is 36.2 Å². The average Bonchev–Trinajstić information content (AvgIpc) is 3.37. The number of hydrogen-bond donors (Lipinski definition) is 1. The summed E-state index contributed by atoms with van der Waals surface area (Å²) in [5.41, 5.74) is 3.54. The van der Waals surface area contributed by atoms with Crippen LogP contribution in [0.15, 0.2) is 78.2 Å². The first kappa shape index (κ1) is 25.4. The summed E-state index contributed by atoms with van der Waals surface area (Å²) in [7, 11) is 0. The second kappa shape index (κ2) is 11.8. The van der Waals surface area contributed by atoms with Crippen molar-refractivity contribution in [1.29, 1.82) is 0 Å². The molecule has 1 amide bonds. The number of carbonyl (C=O) groups is 2. The lowest BCUT2D eigenvalue weighted by molar-refractivity contribution is 0.0996. The number of nitrogens with one attached hydrogen (secondary N) is 1. The van der Waals surface area contributed by atoms with E-state index >= 15 is 0 Å². The summed E-state index contributed by atoms with van der Waals surface area (Å²) in [6.45, 7) is 5.80. The van der Waals surface area contributed by atoms with Crippen molar-refractivity contribution in [3.05, 3.63) is 100 Å². The lowest BCUT2D eigenvalue weighted by Crippen LogP contribution is -2.33. The van der Waals surface area contributed by atoms with Crippen LogP contribution in [0.5, 0.6) is 0 Å². The van der Waals surface area contributed by atoms with Gasteiger partial charge in [-0.3, -0.25) is 9.59 Å². The van der Waals surface area contributed by atoms with Gasteiger partial charge in [0, 0.05) is 21.5 Å². The topological polar surface area (TPSA) is 49.4 Å². The molecule has 0 saturated carbocycles. The lowest BCUT2D eigenvalue weighted by atomic mass is 9.89. The fourth-order valence-electron chi connectivity index (χ4n) is 5.32. The van der Waals surface area contributed by atoms with E-state index in [4.69, 9.17) is 0 Å². The number of rotatable bonds is 9. The van der Waals surface area contributed by atoms with Crippen molar-refractivity contribution in [2.75, 3.05) is 25.0 Å². The number of thiophene rings is 1. The number of unbranched alkanes of at least 4 members (excludes halogenated alkanes) is 2. The highest BCUT2D eigenvalue weighted by Crippen LogP contribution is 2.38. The van der Waals surface area contributed by atoms with Gasteiger partial charge in [-0.2, -0.15) is 0 Å². The van der Waals surface area contributed by atoms with Crippen molar-refractivity contribution < 1.29 is 9.59 Å². The molecule has 4 nitrogen and oxygen atoms in total. The molecule has 4 aromatic rings. The molecule has 3 aromatic carbocycles. The average molecular weight is 511 g/mol. The molecular weight excluding hydrogens is 476 g/mol. The summed E-state index contributed by atoms with van der Waals surface area (Å²) in [5, 5.41) is 6.60. The van der Waals surface area contributed by atoms with Gasteiger partial charge in [0.15, 0.2) is 5.78 Å². The fraction of sp³-hybridized carbons (Fsp3) is 0.312. The third-order valence-electron chi connectivity index (χ3n) is 7.42. The van der Waals surface area contributed by atoms with Crippen LogP contribution < -0.4 is 5.32 Å². The zero-order valence-electron chi connectivity index (χ0n) is 21.4. The number of anilines is 1. The molecule has 5 rings (SSSR count). The summed E-state index contributed by atoms with van der Waals surface area (Å²) in [5.74, 6) is 0.144. The number of carbonyl (C=O) groups excluding carboxylic acids is 2. The van der Waals surface area contributed by atoms with Gasteiger partial charge in [-0.25, -0.2) is 0 Å². The molecule has 0 unspecified atom stereocenters. The van der Waals surface area contributed by atoms with Gasteiger partial charge in [0.05, 0.1) is 5.56 Å². The Kier molecular flexibility index (Phi) is 8.12. The van der Waals surface area contributed by atoms with Gasteiger partial charge in [0.2, 0.25) is 0 Å². The van der Waals surface area contributed by atoms with E-state index in [9.17, 15) is 9.59 Å². The Bertz CT molecular complexity index is 1370. The SMILES string of the molecule is CCCCCN1CCC(c2csc3ccc(NC(=O)c4ccccc4C(=O)c4ccccc4)cc23)CC1. The number of likely N-dealkylation sites (tertiary alicyclic amines) is 1. The first-order chi connectivity index (χ1) is 18.1. The monoisotopic (exact) mass is 510 g/mol. The van der Waals surface area contributed by atoms with E-state index in [0.717, 1.165) is 18.8 Å². The van der Waals surface area contributed by atoms with E-state index in [1.165, 1.54) is 54.3 Å². The Morgan fingerprint density at radius 2 is 1.65 bits per heavy atom. The zero-order valence-corrected chi connectivity index (χ0v) is 22.2. The van der Waals surface area contributed by atoms with Gasteiger partial charge in [0.25, 0.3) is 5.91 Å². The number of hydrogen-bond acceptors (Lipinski definition) is 4. The normalized spacial score (nSPS) is 14.6. The van der Waals surface area contributed by atoms with Crippen LogP contribution >= 0.6 is 11.3 Å². The Labute approximate surface area is 223 Å². The molecule has 1 fully saturated rings. The minimum Gasteiger partial charge on any atom is -0.322 e. The second-order valence-corrected chi connectivity index (χ2v) is 10.8. The van der Waals surface area contributed by atoms with Crippen LogP contribution in [0.4, 0.5) is 5.69 Å². The maximum atomic E-state index is 13.3. The van der Waals surface area contributed by atoms with Gasteiger partial charge in [0.1, 0.15) is 0 Å². The van der Waals surface area contributed by atoms with Gasteiger partial charge in [-0.1, -0.05) is 68.3 Å². The third-order valence-corrected chi connectivity index (χ3v) is 8.40. The summed E-state index contributed by atoms with van der Waals surface area (Å²) in [4.78, 5) is 29.0. The predicted octanol–water partition coefficient (Wildman–Crippen LogP) is 7.75. The molecule has 1 aromatic heterocycles. The Hall–Kier alpha value is -3.28. The van der Waals surface area contributed by atoms with E-state index < -0.39 is 0 Å². The molecule has 0 aliphatic carbocycles. The number of benzene rings is 3. The molecule has 0 atom stereocenters. The number of amides is 1. The standard InChI is InChI=1S/C32H34N2O2S/c1-2-3-9-18-34-19-16-23(17-20-34)29-22-37-30-15-14-25(21-28(29)30)33-32(36)27-13-8-7-12-26(27)31(35)24-10-5-4-6-11-24/h4-8,10-15,21-23H,2-3,9,16-20H2,1H3,(H,33,36). The van der Waals surface area contributed by atoms with Crippen molar-refractivity contribution in [2.24, 2.45) is 0 Å². The maximum Gasteiger partial charge on any atom is 0.256 e. The minimum atomic E-state index is -0.267. The summed E-state index contributed by atoms with van der Waals surface area (Å²) in [6.07, 6.45) is 6.25. The highest BCUT2D eigenvalue weighted by Gasteiger charge is 2.23. The van der Waals surface area contributed by atoms with Gasteiger partial charge >= 0.3 is 0 Å². The van der Waals surface area contributed by atoms with E-state index in [1.807, 2.05) is 24.3 Å². The predicted molar refractivity (Wildman–Crippen MR) is 154 cm³/mol. The zero-order chi connectivity index (χ0) is 25.6. The molecular formula is C32H34N2O2S. The van der Waals surface area contributed by atoms with Crippen LogP contribution in [0.2, 0.25) is 0 Å². The minimum absolute atomic E-state index is 0.150. The summed E-state index contributed by atoms with van der Waals surface area (Å²) < 4.78 is 1.25. The lowest BCUT2D eigenvalue weighted by Gasteiger charge is -2.32. The molecule has 37 heavy (non-hydrogen) atoms. The third kappa shape index (κ3) is 5.84.